The van der Waals surface area contributed by atoms with Gasteiger partial charge in [0.2, 0.25) is 0 Å². The van der Waals surface area contributed by atoms with Crippen LogP contribution in [0.2, 0.25) is 0 Å². The Labute approximate surface area is 86.1 Å². The average molecular weight is 488 g/mol. The summed E-state index contributed by atoms with van der Waals surface area (Å²) < 4.78 is 0. The van der Waals surface area contributed by atoms with Gasteiger partial charge in [-0.1, -0.05) is 0 Å². The first kappa shape index (κ1) is 16.0. The van der Waals surface area contributed by atoms with Crippen molar-refractivity contribution >= 4 is 28.3 Å². The summed E-state index contributed by atoms with van der Waals surface area (Å²) in [5.41, 5.74) is 0. The summed E-state index contributed by atoms with van der Waals surface area (Å²) in [4.78, 5) is 0. The molecule has 0 spiro atoms. The molecule has 6 heteroatoms. The third-order valence-corrected chi connectivity index (χ3v) is 0. The first-order valence-electron chi connectivity index (χ1n) is 0.622. The summed E-state index contributed by atoms with van der Waals surface area (Å²) >= 11 is 3.43. The van der Waals surface area contributed by atoms with Crippen molar-refractivity contribution in [3.8, 4) is 0 Å². The number of hydrogen-bond acceptors (Lipinski definition) is 3. The molecule has 0 atom stereocenters. The fraction of sp³-hybridized carbons (Fsp3) is 0. The maximum atomic E-state index is 4.25. The molecule has 0 amide bonds. The standard InChI is InChI=1S/Cd.Mo.3S.W. The van der Waals surface area contributed by atoms with Gasteiger partial charge in [0.05, 0.1) is 0 Å². The molecule has 0 saturated carbocycles. The molecule has 0 bridgehead atoms. The van der Waals surface area contributed by atoms with E-state index >= 15 is 0 Å². The molecule has 0 aliphatic heterocycles. The van der Waals surface area contributed by atoms with E-state index < -0.39 is 0 Å². The van der Waals surface area contributed by atoms with E-state index in [1.54, 1.807) is 0 Å². The molecule has 0 unspecified atom stereocenters. The second-order valence-corrected chi connectivity index (χ2v) is 0. The van der Waals surface area contributed by atoms with Crippen LogP contribution in [0.15, 0.2) is 0 Å². The molecule has 0 aromatic carbocycles. The SMILES string of the molecule is [S]=[Cd].[S]=[Mo].[S]=[W]. The van der Waals surface area contributed by atoms with Crippen molar-refractivity contribution in [1.82, 2.24) is 0 Å². The van der Waals surface area contributed by atoms with Crippen LogP contribution in [-0.4, -0.2) is 0 Å². The van der Waals surface area contributed by atoms with Crippen molar-refractivity contribution < 1.29 is 59.7 Å². The predicted octanol–water partition coefficient (Wildman–Crippen LogP) is 1.94. The molecule has 0 heterocycles. The van der Waals surface area contributed by atoms with Crippen molar-refractivity contribution in [2.24, 2.45) is 0 Å². The Balaban J connectivity index is -0.0000000225. The van der Waals surface area contributed by atoms with E-state index in [1.165, 1.54) is 36.0 Å². The Morgan fingerprint density at radius 1 is 1.17 bits per heavy atom. The quantitative estimate of drug-likeness (QED) is 0.479. The van der Waals surface area contributed by atoms with Gasteiger partial charge in [-0.05, 0) is 0 Å². The molecular weight excluding hydrogens is 488 g/mol. The van der Waals surface area contributed by atoms with Crippen LogP contribution in [0.1, 0.15) is 0 Å². The zero-order chi connectivity index (χ0) is 6.00. The fourth-order valence-electron chi connectivity index (χ4n) is 0. The summed E-state index contributed by atoms with van der Waals surface area (Å²) in [5, 5.41) is 0. The zero-order valence-corrected chi connectivity index (χ0v) is 14.2. The van der Waals surface area contributed by atoms with Crippen LogP contribution in [0.25, 0.3) is 0 Å². The van der Waals surface area contributed by atoms with E-state index in [-0.39, 0.29) is 0 Å². The van der Waals surface area contributed by atoms with Gasteiger partial charge in [-0.15, -0.1) is 0 Å². The molecule has 0 nitrogen and oxygen atoms in total. The molecule has 0 N–H and O–H groups in total. The van der Waals surface area contributed by atoms with Gasteiger partial charge < -0.3 is 0 Å². The van der Waals surface area contributed by atoms with Gasteiger partial charge >= 0.3 is 88.0 Å². The predicted molar refractivity (Wildman–Crippen MR) is 22.8 cm³/mol. The van der Waals surface area contributed by atoms with Gasteiger partial charge in [-0.25, -0.2) is 0 Å². The van der Waals surface area contributed by atoms with Gasteiger partial charge in [0, 0.05) is 0 Å². The molecule has 0 radical (unpaired) electrons. The molecule has 0 aliphatic carbocycles. The minimum atomic E-state index is 0.733. The molecule has 6 heavy (non-hydrogen) atoms. The van der Waals surface area contributed by atoms with Gasteiger partial charge in [0.1, 0.15) is 0 Å². The van der Waals surface area contributed by atoms with Crippen LogP contribution < -0.4 is 0 Å². The molecular formula is CdMoS3W. The van der Waals surface area contributed by atoms with Gasteiger partial charge in [0.15, 0.2) is 0 Å². The monoisotopic (exact) mass is 492 g/mol. The fourth-order valence-corrected chi connectivity index (χ4v) is 0. The van der Waals surface area contributed by atoms with Crippen LogP contribution in [0, 0.1) is 0 Å². The number of hydrogen-bond donors (Lipinski definition) is 0. The summed E-state index contributed by atoms with van der Waals surface area (Å²) in [7, 11) is 12.5. The Morgan fingerprint density at radius 2 is 1.17 bits per heavy atom. The van der Waals surface area contributed by atoms with Crippen molar-refractivity contribution in [3.05, 3.63) is 0 Å². The molecule has 0 aromatic heterocycles. The number of rotatable bonds is 0. The van der Waals surface area contributed by atoms with Crippen molar-refractivity contribution in [3.63, 3.8) is 0 Å². The van der Waals surface area contributed by atoms with E-state index in [9.17, 15) is 0 Å². The van der Waals surface area contributed by atoms with E-state index in [0.717, 1.165) is 23.7 Å². The molecule has 0 saturated heterocycles. The normalized spacial score (nSPS) is 2.33. The first-order chi connectivity index (χ1) is 3.00. The third kappa shape index (κ3) is 28.2. The second-order valence-electron chi connectivity index (χ2n) is 0. The summed E-state index contributed by atoms with van der Waals surface area (Å²) in [6, 6.07) is 0. The summed E-state index contributed by atoms with van der Waals surface area (Å²) in [5.74, 6) is 0. The second kappa shape index (κ2) is 44.0. The average Bonchev–Trinajstić information content (AvgIpc) is 1.81. The Morgan fingerprint density at radius 3 is 1.17 bits per heavy atom. The minimum absolute atomic E-state index is 0.733. The van der Waals surface area contributed by atoms with E-state index in [1.807, 2.05) is 0 Å². The van der Waals surface area contributed by atoms with Crippen LogP contribution >= 0.6 is 28.3 Å². The summed E-state index contributed by atoms with van der Waals surface area (Å²) in [6.07, 6.45) is 0. The van der Waals surface area contributed by atoms with Crippen molar-refractivity contribution in [2.75, 3.05) is 0 Å². The Bertz CT molecular complexity index is 15.5. The van der Waals surface area contributed by atoms with Crippen molar-refractivity contribution in [2.45, 2.75) is 0 Å². The zero-order valence-electron chi connectivity index (χ0n) is 2.75. The van der Waals surface area contributed by atoms with Crippen molar-refractivity contribution in [1.29, 1.82) is 0 Å². The van der Waals surface area contributed by atoms with Crippen LogP contribution in [0.5, 0.6) is 0 Å². The van der Waals surface area contributed by atoms with Crippen LogP contribution in [0.3, 0.4) is 0 Å². The van der Waals surface area contributed by atoms with Gasteiger partial charge in [0.25, 0.3) is 0 Å². The van der Waals surface area contributed by atoms with Gasteiger partial charge in [-0.3, -0.25) is 0 Å². The van der Waals surface area contributed by atoms with Gasteiger partial charge in [-0.2, -0.15) is 0 Å². The van der Waals surface area contributed by atoms with E-state index in [2.05, 4.69) is 28.3 Å². The van der Waals surface area contributed by atoms with Crippen LogP contribution in [0.4, 0.5) is 0 Å². The molecule has 0 rings (SSSR count). The van der Waals surface area contributed by atoms with E-state index in [0.29, 0.717) is 0 Å². The summed E-state index contributed by atoms with van der Waals surface area (Å²) in [6.45, 7) is 0. The Hall–Kier alpha value is 2.96. The molecule has 0 fully saturated rings. The first-order valence-corrected chi connectivity index (χ1v) is 12.9. The topological polar surface area (TPSA) is 0 Å². The third-order valence-electron chi connectivity index (χ3n) is 0. The molecule has 0 aromatic rings. The molecule has 0 aliphatic rings. The van der Waals surface area contributed by atoms with E-state index in [4.69, 9.17) is 0 Å². The molecule has 32 valence electrons. The maximum absolute atomic E-state index is 4.25. The van der Waals surface area contributed by atoms with Crippen LogP contribution in [-0.2, 0) is 59.7 Å². The Kier molecular flexibility index (Phi) is 117.